The molecule has 6 nitrogen and oxygen atoms in total. The molecule has 2 aromatic carbocycles. The number of hydrogen-bond acceptors (Lipinski definition) is 6. The zero-order valence-corrected chi connectivity index (χ0v) is 17.1. The number of methoxy groups -OCH3 is 1. The summed E-state index contributed by atoms with van der Waals surface area (Å²) in [5.41, 5.74) is 1.14. The summed E-state index contributed by atoms with van der Waals surface area (Å²) < 4.78 is 10.4. The maximum absolute atomic E-state index is 12.9. The Kier molecular flexibility index (Phi) is 5.96. The highest BCUT2D eigenvalue weighted by molar-refractivity contribution is 6.11. The Hall–Kier alpha value is -3.54. The first-order valence-corrected chi connectivity index (χ1v) is 9.53. The molecule has 0 aliphatic carbocycles. The summed E-state index contributed by atoms with van der Waals surface area (Å²) in [5, 5.41) is 20.6. The van der Waals surface area contributed by atoms with Gasteiger partial charge in [-0.3, -0.25) is 0 Å². The van der Waals surface area contributed by atoms with Crippen LogP contribution in [0.1, 0.15) is 30.5 Å². The molecule has 1 heterocycles. The van der Waals surface area contributed by atoms with Gasteiger partial charge in [-0.2, -0.15) is 0 Å². The third kappa shape index (κ3) is 3.94. The standard InChI is InChI=1S/C24H24O6/c1-15(2)9-11-18-13-16(10-12-19(18)25)14-24(23(28)29-3)20(21(26)22(27)30-24)17-7-5-4-6-8-17/h4-10,12-13,25-26H,11,14H2,1-3H3. The van der Waals surface area contributed by atoms with Crippen molar-refractivity contribution in [2.75, 3.05) is 7.11 Å². The van der Waals surface area contributed by atoms with Crippen molar-refractivity contribution in [1.29, 1.82) is 0 Å². The maximum Gasteiger partial charge on any atom is 0.375 e. The van der Waals surface area contributed by atoms with Gasteiger partial charge in [-0.25, -0.2) is 9.59 Å². The lowest BCUT2D eigenvalue weighted by atomic mass is 9.83. The summed E-state index contributed by atoms with van der Waals surface area (Å²) in [4.78, 5) is 25.2. The van der Waals surface area contributed by atoms with E-state index in [1.807, 2.05) is 19.9 Å². The van der Waals surface area contributed by atoms with Crippen LogP contribution >= 0.6 is 0 Å². The third-order valence-corrected chi connectivity index (χ3v) is 5.01. The van der Waals surface area contributed by atoms with Crippen LogP contribution < -0.4 is 0 Å². The van der Waals surface area contributed by atoms with Crippen LogP contribution in [0.3, 0.4) is 0 Å². The third-order valence-electron chi connectivity index (χ3n) is 5.01. The Labute approximate surface area is 175 Å². The number of aliphatic hydroxyl groups is 1. The molecule has 0 saturated heterocycles. The molecule has 0 radical (unpaired) electrons. The number of rotatable bonds is 6. The number of carbonyl (C=O) groups excluding carboxylic acids is 2. The van der Waals surface area contributed by atoms with Crippen molar-refractivity contribution >= 4 is 17.5 Å². The Morgan fingerprint density at radius 1 is 1.13 bits per heavy atom. The molecule has 2 aromatic rings. The molecule has 1 aliphatic heterocycles. The molecule has 0 spiro atoms. The van der Waals surface area contributed by atoms with Crippen molar-refractivity contribution in [3.63, 3.8) is 0 Å². The zero-order valence-electron chi connectivity index (χ0n) is 17.1. The number of aromatic hydroxyl groups is 1. The summed E-state index contributed by atoms with van der Waals surface area (Å²) in [6.07, 6.45) is 2.44. The van der Waals surface area contributed by atoms with Crippen LogP contribution in [0.4, 0.5) is 0 Å². The predicted molar refractivity (Wildman–Crippen MR) is 112 cm³/mol. The molecule has 0 amide bonds. The van der Waals surface area contributed by atoms with Crippen LogP contribution in [-0.2, 0) is 31.9 Å². The van der Waals surface area contributed by atoms with Gasteiger partial charge in [0.05, 0.1) is 12.7 Å². The fraction of sp³-hybridized carbons (Fsp3) is 0.250. The fourth-order valence-electron chi connectivity index (χ4n) is 3.54. The summed E-state index contributed by atoms with van der Waals surface area (Å²) in [7, 11) is 1.20. The quantitative estimate of drug-likeness (QED) is 0.557. The van der Waals surface area contributed by atoms with Gasteiger partial charge in [0.25, 0.3) is 0 Å². The number of hydrogen-bond donors (Lipinski definition) is 2. The van der Waals surface area contributed by atoms with Crippen LogP contribution in [0, 0.1) is 0 Å². The number of carbonyl (C=O) groups is 2. The lowest BCUT2D eigenvalue weighted by molar-refractivity contribution is -0.169. The van der Waals surface area contributed by atoms with Gasteiger partial charge in [-0.05, 0) is 43.0 Å². The molecule has 2 N–H and O–H groups in total. The number of aliphatic hydroxyl groups excluding tert-OH is 1. The molecule has 1 unspecified atom stereocenters. The number of phenols is 1. The lowest BCUT2D eigenvalue weighted by Crippen LogP contribution is -2.44. The normalized spacial score (nSPS) is 18.2. The van der Waals surface area contributed by atoms with Gasteiger partial charge >= 0.3 is 11.9 Å². The molecule has 0 saturated carbocycles. The number of cyclic esters (lactones) is 1. The highest BCUT2D eigenvalue weighted by Gasteiger charge is 2.55. The average Bonchev–Trinajstić information content (AvgIpc) is 2.98. The average molecular weight is 408 g/mol. The van der Waals surface area contributed by atoms with E-state index >= 15 is 0 Å². The van der Waals surface area contributed by atoms with E-state index in [0.29, 0.717) is 23.1 Å². The molecule has 1 aliphatic rings. The molecule has 0 fully saturated rings. The number of ether oxygens (including phenoxy) is 2. The van der Waals surface area contributed by atoms with Crippen LogP contribution in [0.15, 0.2) is 65.9 Å². The fourth-order valence-corrected chi connectivity index (χ4v) is 3.54. The van der Waals surface area contributed by atoms with Crippen LogP contribution in [-0.4, -0.2) is 34.9 Å². The first-order valence-electron chi connectivity index (χ1n) is 9.53. The number of phenolic OH excluding ortho intramolecular Hbond substituents is 1. The van der Waals surface area contributed by atoms with Crippen LogP contribution in [0.2, 0.25) is 0 Å². The minimum atomic E-state index is -1.83. The van der Waals surface area contributed by atoms with Crippen LogP contribution in [0.25, 0.3) is 5.57 Å². The van der Waals surface area contributed by atoms with E-state index in [1.54, 1.807) is 42.5 Å². The largest absolute Gasteiger partial charge is 0.508 e. The van der Waals surface area contributed by atoms with Gasteiger partial charge in [0, 0.05) is 6.42 Å². The van der Waals surface area contributed by atoms with E-state index in [1.165, 1.54) is 13.2 Å². The molecule has 0 aromatic heterocycles. The van der Waals surface area contributed by atoms with Crippen molar-refractivity contribution in [3.8, 4) is 5.75 Å². The second-order valence-electron chi connectivity index (χ2n) is 7.42. The number of benzene rings is 2. The molecule has 3 rings (SSSR count). The first kappa shape index (κ1) is 21.2. The van der Waals surface area contributed by atoms with Gasteiger partial charge in [-0.15, -0.1) is 0 Å². The molecule has 156 valence electrons. The van der Waals surface area contributed by atoms with Crippen molar-refractivity contribution in [2.24, 2.45) is 0 Å². The summed E-state index contributed by atoms with van der Waals surface area (Å²) in [6.45, 7) is 3.93. The molecule has 6 heteroatoms. The smallest absolute Gasteiger partial charge is 0.375 e. The second kappa shape index (κ2) is 8.45. The van der Waals surface area contributed by atoms with Gasteiger partial charge < -0.3 is 19.7 Å². The minimum absolute atomic E-state index is 0.0538. The van der Waals surface area contributed by atoms with E-state index in [4.69, 9.17) is 9.47 Å². The van der Waals surface area contributed by atoms with Crippen molar-refractivity contribution in [3.05, 3.63) is 82.6 Å². The molecule has 30 heavy (non-hydrogen) atoms. The van der Waals surface area contributed by atoms with Gasteiger partial charge in [-0.1, -0.05) is 54.1 Å². The highest BCUT2D eigenvalue weighted by Crippen LogP contribution is 2.42. The number of esters is 2. The van der Waals surface area contributed by atoms with Crippen LogP contribution in [0.5, 0.6) is 5.75 Å². The molecule has 0 bridgehead atoms. The second-order valence-corrected chi connectivity index (χ2v) is 7.42. The van der Waals surface area contributed by atoms with Gasteiger partial charge in [0.2, 0.25) is 11.4 Å². The predicted octanol–water partition coefficient (Wildman–Crippen LogP) is 3.88. The monoisotopic (exact) mass is 408 g/mol. The van der Waals surface area contributed by atoms with Gasteiger partial charge in [0.1, 0.15) is 5.75 Å². The number of allylic oxidation sites excluding steroid dienone is 2. The Bertz CT molecular complexity index is 1030. The summed E-state index contributed by atoms with van der Waals surface area (Å²) in [6, 6.07) is 13.6. The van der Waals surface area contributed by atoms with E-state index in [2.05, 4.69) is 0 Å². The van der Waals surface area contributed by atoms with E-state index < -0.39 is 23.3 Å². The van der Waals surface area contributed by atoms with Crippen molar-refractivity contribution in [2.45, 2.75) is 32.3 Å². The Morgan fingerprint density at radius 3 is 2.47 bits per heavy atom. The van der Waals surface area contributed by atoms with E-state index in [9.17, 15) is 19.8 Å². The molecular weight excluding hydrogens is 384 g/mol. The Morgan fingerprint density at radius 2 is 1.83 bits per heavy atom. The first-order chi connectivity index (χ1) is 14.3. The van der Waals surface area contributed by atoms with Gasteiger partial charge in [0.15, 0.2) is 0 Å². The SMILES string of the molecule is COC(=O)C1(Cc2ccc(O)c(CC=C(C)C)c2)OC(=O)C(O)=C1c1ccccc1. The minimum Gasteiger partial charge on any atom is -0.508 e. The maximum atomic E-state index is 12.9. The van der Waals surface area contributed by atoms with Crippen molar-refractivity contribution in [1.82, 2.24) is 0 Å². The topological polar surface area (TPSA) is 93.1 Å². The summed E-state index contributed by atoms with van der Waals surface area (Å²) in [5.74, 6) is -2.26. The van der Waals surface area contributed by atoms with E-state index in [0.717, 1.165) is 5.57 Å². The van der Waals surface area contributed by atoms with E-state index in [-0.39, 0.29) is 17.7 Å². The zero-order chi connectivity index (χ0) is 21.9. The highest BCUT2D eigenvalue weighted by atomic mass is 16.6. The summed E-state index contributed by atoms with van der Waals surface area (Å²) >= 11 is 0. The van der Waals surface area contributed by atoms with Crippen molar-refractivity contribution < 1.29 is 29.3 Å². The molecule has 1 atom stereocenters. The lowest BCUT2D eigenvalue weighted by Gasteiger charge is -2.28. The molecular formula is C24H24O6. The Balaban J connectivity index is 2.10.